The van der Waals surface area contributed by atoms with Crippen molar-refractivity contribution in [3.63, 3.8) is 0 Å². The van der Waals surface area contributed by atoms with Gasteiger partial charge in [-0.2, -0.15) is 9.78 Å². The van der Waals surface area contributed by atoms with Gasteiger partial charge in [-0.3, -0.25) is 4.40 Å². The van der Waals surface area contributed by atoms with Gasteiger partial charge < -0.3 is 4.90 Å². The highest BCUT2D eigenvalue weighted by atomic mass is 16.2. The standard InChI is InChI=1S/C20H18N6O/c1-13-17(15-6-9-22-19-16(15)7-10-24(19)2)11-14-12-23-26(20(27)25(13)14)18-5-3-4-8-21-18/h3-6,8-9,11-12H,7,10H2,1-2H3. The molecular weight excluding hydrogens is 340 g/mol. The molecule has 0 atom stereocenters. The lowest BCUT2D eigenvalue weighted by atomic mass is 10.0. The van der Waals surface area contributed by atoms with E-state index in [1.807, 2.05) is 37.4 Å². The predicted molar refractivity (Wildman–Crippen MR) is 104 cm³/mol. The third kappa shape index (κ3) is 2.28. The van der Waals surface area contributed by atoms with Crippen molar-refractivity contribution in [1.82, 2.24) is 24.1 Å². The molecule has 134 valence electrons. The number of hydrogen-bond donors (Lipinski definition) is 0. The first kappa shape index (κ1) is 15.7. The van der Waals surface area contributed by atoms with Gasteiger partial charge in [-0.05, 0) is 43.2 Å². The monoisotopic (exact) mass is 358 g/mol. The molecular formula is C20H18N6O. The molecule has 5 rings (SSSR count). The molecule has 27 heavy (non-hydrogen) atoms. The van der Waals surface area contributed by atoms with E-state index in [4.69, 9.17) is 0 Å². The third-order valence-electron chi connectivity index (χ3n) is 5.20. The first-order valence-electron chi connectivity index (χ1n) is 8.86. The van der Waals surface area contributed by atoms with Gasteiger partial charge in [0.15, 0.2) is 5.82 Å². The van der Waals surface area contributed by atoms with Crippen molar-refractivity contribution in [3.05, 3.63) is 70.7 Å². The normalized spacial score (nSPS) is 13.3. The summed E-state index contributed by atoms with van der Waals surface area (Å²) in [6.45, 7) is 2.93. The first-order valence-corrected chi connectivity index (χ1v) is 8.86. The average Bonchev–Trinajstić information content (AvgIpc) is 3.24. The van der Waals surface area contributed by atoms with Crippen molar-refractivity contribution in [2.24, 2.45) is 0 Å². The molecule has 4 aromatic heterocycles. The van der Waals surface area contributed by atoms with Crippen molar-refractivity contribution in [1.29, 1.82) is 0 Å². The first-order chi connectivity index (χ1) is 13.1. The quantitative estimate of drug-likeness (QED) is 0.550. The van der Waals surface area contributed by atoms with Crippen LogP contribution in [-0.4, -0.2) is 37.7 Å². The maximum Gasteiger partial charge on any atom is 0.355 e. The highest BCUT2D eigenvalue weighted by Gasteiger charge is 2.23. The Morgan fingerprint density at radius 3 is 2.78 bits per heavy atom. The molecule has 0 bridgehead atoms. The van der Waals surface area contributed by atoms with E-state index in [1.165, 1.54) is 10.2 Å². The number of fused-ring (bicyclic) bond motifs is 2. The summed E-state index contributed by atoms with van der Waals surface area (Å²) in [6.07, 6.45) is 6.15. The Morgan fingerprint density at radius 1 is 1.07 bits per heavy atom. The number of nitrogens with zero attached hydrogens (tertiary/aromatic N) is 6. The molecule has 0 radical (unpaired) electrons. The summed E-state index contributed by atoms with van der Waals surface area (Å²) in [7, 11) is 2.06. The van der Waals surface area contributed by atoms with Gasteiger partial charge in [-0.15, -0.1) is 0 Å². The summed E-state index contributed by atoms with van der Waals surface area (Å²) in [5, 5.41) is 4.31. The summed E-state index contributed by atoms with van der Waals surface area (Å²) >= 11 is 0. The number of likely N-dealkylation sites (N-methyl/N-ethyl adjacent to an activating group) is 1. The van der Waals surface area contributed by atoms with Crippen LogP contribution in [0.5, 0.6) is 0 Å². The fourth-order valence-electron chi connectivity index (χ4n) is 3.84. The summed E-state index contributed by atoms with van der Waals surface area (Å²) in [4.78, 5) is 24.0. The second kappa shape index (κ2) is 5.77. The van der Waals surface area contributed by atoms with E-state index in [2.05, 4.69) is 27.0 Å². The van der Waals surface area contributed by atoms with Crippen LogP contribution < -0.4 is 10.6 Å². The van der Waals surface area contributed by atoms with Crippen LogP contribution in [-0.2, 0) is 6.42 Å². The largest absolute Gasteiger partial charge is 0.359 e. The van der Waals surface area contributed by atoms with Crippen LogP contribution in [0.15, 0.2) is 53.7 Å². The molecule has 0 saturated carbocycles. The molecule has 5 heterocycles. The van der Waals surface area contributed by atoms with E-state index in [1.54, 1.807) is 22.9 Å². The zero-order valence-electron chi connectivity index (χ0n) is 15.1. The van der Waals surface area contributed by atoms with Crippen molar-refractivity contribution in [2.45, 2.75) is 13.3 Å². The minimum atomic E-state index is -0.224. The van der Waals surface area contributed by atoms with Crippen molar-refractivity contribution in [3.8, 4) is 16.9 Å². The molecule has 7 nitrogen and oxygen atoms in total. The highest BCUT2D eigenvalue weighted by molar-refractivity contribution is 5.79. The molecule has 0 amide bonds. The Balaban J connectivity index is 1.75. The van der Waals surface area contributed by atoms with Gasteiger partial charge in [-0.1, -0.05) is 6.07 Å². The van der Waals surface area contributed by atoms with Gasteiger partial charge in [0.2, 0.25) is 0 Å². The Morgan fingerprint density at radius 2 is 1.96 bits per heavy atom. The predicted octanol–water partition coefficient (Wildman–Crippen LogP) is 2.24. The molecule has 0 saturated heterocycles. The van der Waals surface area contributed by atoms with Gasteiger partial charge >= 0.3 is 5.69 Å². The molecule has 0 unspecified atom stereocenters. The molecule has 7 heteroatoms. The lowest BCUT2D eigenvalue weighted by Crippen LogP contribution is -2.28. The second-order valence-corrected chi connectivity index (χ2v) is 6.76. The summed E-state index contributed by atoms with van der Waals surface area (Å²) in [5.74, 6) is 1.52. The Labute approximate surface area is 155 Å². The van der Waals surface area contributed by atoms with E-state index >= 15 is 0 Å². The molecule has 0 N–H and O–H groups in total. The van der Waals surface area contributed by atoms with Crippen LogP contribution in [0.1, 0.15) is 11.3 Å². The van der Waals surface area contributed by atoms with E-state index in [0.717, 1.165) is 41.1 Å². The van der Waals surface area contributed by atoms with Crippen LogP contribution in [0.4, 0.5) is 5.82 Å². The Kier molecular flexibility index (Phi) is 3.36. The van der Waals surface area contributed by atoms with Crippen LogP contribution in [0.25, 0.3) is 22.5 Å². The van der Waals surface area contributed by atoms with Crippen molar-refractivity contribution < 1.29 is 0 Å². The molecule has 0 spiro atoms. The third-order valence-corrected chi connectivity index (χ3v) is 5.20. The zero-order chi connectivity index (χ0) is 18.5. The summed E-state index contributed by atoms with van der Waals surface area (Å²) < 4.78 is 3.02. The average molecular weight is 358 g/mol. The fraction of sp³-hybridized carbons (Fsp3) is 0.200. The minimum Gasteiger partial charge on any atom is -0.359 e. The number of aryl methyl sites for hydroxylation is 1. The maximum absolute atomic E-state index is 13.1. The maximum atomic E-state index is 13.1. The summed E-state index contributed by atoms with van der Waals surface area (Å²) in [5.41, 5.74) is 4.85. The number of pyridine rings is 2. The molecule has 1 aliphatic heterocycles. The van der Waals surface area contributed by atoms with Crippen molar-refractivity contribution >= 4 is 11.3 Å². The lowest BCUT2D eigenvalue weighted by molar-refractivity contribution is 0.726. The SMILES string of the molecule is Cc1c(-c2ccnc3c2CCN3C)cc2cnn(-c3ccccn3)c(=O)n12. The smallest absolute Gasteiger partial charge is 0.355 e. The molecule has 0 aliphatic carbocycles. The van der Waals surface area contributed by atoms with Gasteiger partial charge in [0.1, 0.15) is 5.82 Å². The van der Waals surface area contributed by atoms with E-state index in [0.29, 0.717) is 5.82 Å². The summed E-state index contributed by atoms with van der Waals surface area (Å²) in [6, 6.07) is 9.48. The lowest BCUT2D eigenvalue weighted by Gasteiger charge is -2.11. The van der Waals surface area contributed by atoms with Crippen LogP contribution >= 0.6 is 0 Å². The highest BCUT2D eigenvalue weighted by Crippen LogP contribution is 2.36. The van der Waals surface area contributed by atoms with E-state index in [9.17, 15) is 4.79 Å². The number of aromatic nitrogens is 5. The topological polar surface area (TPSA) is 68.3 Å². The van der Waals surface area contributed by atoms with Crippen LogP contribution in [0.2, 0.25) is 0 Å². The van der Waals surface area contributed by atoms with Gasteiger partial charge in [0, 0.05) is 42.8 Å². The Hall–Kier alpha value is -3.48. The minimum absolute atomic E-state index is 0.224. The number of hydrogen-bond acceptors (Lipinski definition) is 5. The number of anilines is 1. The van der Waals surface area contributed by atoms with Crippen LogP contribution in [0, 0.1) is 6.92 Å². The fourth-order valence-corrected chi connectivity index (χ4v) is 3.84. The zero-order valence-corrected chi connectivity index (χ0v) is 15.1. The van der Waals surface area contributed by atoms with Gasteiger partial charge in [0.05, 0.1) is 11.7 Å². The number of rotatable bonds is 2. The second-order valence-electron chi connectivity index (χ2n) is 6.76. The molecule has 0 aromatic carbocycles. The van der Waals surface area contributed by atoms with Gasteiger partial charge in [0.25, 0.3) is 0 Å². The van der Waals surface area contributed by atoms with Crippen LogP contribution in [0.3, 0.4) is 0 Å². The Bertz CT molecular complexity index is 1220. The van der Waals surface area contributed by atoms with E-state index < -0.39 is 0 Å². The molecule has 4 aromatic rings. The molecule has 1 aliphatic rings. The van der Waals surface area contributed by atoms with E-state index in [-0.39, 0.29) is 5.69 Å². The van der Waals surface area contributed by atoms with Gasteiger partial charge in [-0.25, -0.2) is 14.8 Å². The van der Waals surface area contributed by atoms with Crippen molar-refractivity contribution in [2.75, 3.05) is 18.5 Å². The molecule has 0 fully saturated rings.